The maximum atomic E-state index is 12.6. The first kappa shape index (κ1) is 19.0. The van der Waals surface area contributed by atoms with Crippen LogP contribution in [0.1, 0.15) is 28.4 Å². The molecule has 0 saturated heterocycles. The number of benzene rings is 2. The van der Waals surface area contributed by atoms with Gasteiger partial charge < -0.3 is 10.4 Å². The van der Waals surface area contributed by atoms with Crippen LogP contribution in [0, 0.1) is 13.8 Å². The number of amides is 1. The number of anilines is 1. The van der Waals surface area contributed by atoms with Gasteiger partial charge in [-0.15, -0.1) is 0 Å². The van der Waals surface area contributed by atoms with Crippen LogP contribution in [-0.2, 0) is 10.0 Å². The molecular formula is C18H22N2O4S. The standard InChI is InChI=1S/C18H22N2O4S/c1-12-5-4-6-15(9-12)20-25(23,24)16-8-7-13(2)17(10-16)18(22)19-11-14(3)21/h4-10,14,20-21H,11H2,1-3H3,(H,19,22). The smallest absolute Gasteiger partial charge is 0.261 e. The summed E-state index contributed by atoms with van der Waals surface area (Å²) in [7, 11) is -3.81. The molecule has 25 heavy (non-hydrogen) atoms. The molecule has 0 aliphatic heterocycles. The van der Waals surface area contributed by atoms with Crippen LogP contribution in [0.25, 0.3) is 0 Å². The van der Waals surface area contributed by atoms with E-state index in [0.29, 0.717) is 11.3 Å². The Hall–Kier alpha value is -2.38. The van der Waals surface area contributed by atoms with Crippen molar-refractivity contribution in [2.45, 2.75) is 31.8 Å². The van der Waals surface area contributed by atoms with Gasteiger partial charge in [-0.1, -0.05) is 18.2 Å². The molecule has 3 N–H and O–H groups in total. The fourth-order valence-corrected chi connectivity index (χ4v) is 3.35. The maximum Gasteiger partial charge on any atom is 0.261 e. The normalized spacial score (nSPS) is 12.5. The summed E-state index contributed by atoms with van der Waals surface area (Å²) in [4.78, 5) is 12.2. The van der Waals surface area contributed by atoms with Crippen LogP contribution in [0.4, 0.5) is 5.69 Å². The van der Waals surface area contributed by atoms with Crippen LogP contribution in [0.3, 0.4) is 0 Å². The summed E-state index contributed by atoms with van der Waals surface area (Å²) in [6, 6.07) is 11.4. The molecular weight excluding hydrogens is 340 g/mol. The Bertz CT molecular complexity index is 876. The number of rotatable bonds is 6. The van der Waals surface area contributed by atoms with Gasteiger partial charge in [0.05, 0.1) is 11.0 Å². The predicted octanol–water partition coefficient (Wildman–Crippen LogP) is 2.21. The Morgan fingerprint density at radius 2 is 1.88 bits per heavy atom. The average molecular weight is 362 g/mol. The van der Waals surface area contributed by atoms with E-state index < -0.39 is 22.0 Å². The fourth-order valence-electron chi connectivity index (χ4n) is 2.27. The average Bonchev–Trinajstić information content (AvgIpc) is 2.52. The number of nitrogens with one attached hydrogen (secondary N) is 2. The minimum absolute atomic E-state index is 0.00167. The van der Waals surface area contributed by atoms with E-state index >= 15 is 0 Å². The third-order valence-electron chi connectivity index (χ3n) is 3.59. The molecule has 2 aromatic rings. The summed E-state index contributed by atoms with van der Waals surface area (Å²) in [5, 5.41) is 11.8. The molecule has 0 fully saturated rings. The minimum atomic E-state index is -3.81. The van der Waals surface area contributed by atoms with Gasteiger partial charge in [0, 0.05) is 17.8 Å². The Balaban J connectivity index is 2.29. The van der Waals surface area contributed by atoms with E-state index in [9.17, 15) is 18.3 Å². The number of aliphatic hydroxyl groups excluding tert-OH is 1. The van der Waals surface area contributed by atoms with Crippen molar-refractivity contribution in [1.82, 2.24) is 5.32 Å². The van der Waals surface area contributed by atoms with Crippen molar-refractivity contribution < 1.29 is 18.3 Å². The molecule has 0 aliphatic rings. The first-order valence-electron chi connectivity index (χ1n) is 7.85. The molecule has 0 aromatic heterocycles. The summed E-state index contributed by atoms with van der Waals surface area (Å²) in [5.41, 5.74) is 2.30. The summed E-state index contributed by atoms with van der Waals surface area (Å²) in [6.45, 7) is 5.24. The van der Waals surface area contributed by atoms with Gasteiger partial charge in [-0.25, -0.2) is 8.42 Å². The number of aliphatic hydroxyl groups is 1. The van der Waals surface area contributed by atoms with Crippen molar-refractivity contribution in [1.29, 1.82) is 0 Å². The highest BCUT2D eigenvalue weighted by Crippen LogP contribution is 2.20. The molecule has 7 heteroatoms. The zero-order chi connectivity index (χ0) is 18.6. The highest BCUT2D eigenvalue weighted by Gasteiger charge is 2.18. The van der Waals surface area contributed by atoms with Crippen LogP contribution >= 0.6 is 0 Å². The van der Waals surface area contributed by atoms with E-state index in [-0.39, 0.29) is 17.0 Å². The third-order valence-corrected chi connectivity index (χ3v) is 4.97. The van der Waals surface area contributed by atoms with E-state index in [1.807, 2.05) is 13.0 Å². The van der Waals surface area contributed by atoms with Crippen molar-refractivity contribution in [2.24, 2.45) is 0 Å². The second kappa shape index (κ2) is 7.67. The molecule has 0 heterocycles. The van der Waals surface area contributed by atoms with E-state index in [0.717, 1.165) is 5.56 Å². The first-order chi connectivity index (χ1) is 11.7. The number of sulfonamides is 1. The lowest BCUT2D eigenvalue weighted by Gasteiger charge is -2.12. The molecule has 1 amide bonds. The molecule has 6 nitrogen and oxygen atoms in total. The Morgan fingerprint density at radius 3 is 2.52 bits per heavy atom. The van der Waals surface area contributed by atoms with Crippen molar-refractivity contribution in [3.63, 3.8) is 0 Å². The van der Waals surface area contributed by atoms with Crippen molar-refractivity contribution >= 4 is 21.6 Å². The van der Waals surface area contributed by atoms with Gasteiger partial charge in [0.1, 0.15) is 0 Å². The number of aryl methyl sites for hydroxylation is 2. The molecule has 1 atom stereocenters. The number of hydrogen-bond acceptors (Lipinski definition) is 4. The van der Waals surface area contributed by atoms with Gasteiger partial charge in [-0.2, -0.15) is 0 Å². The molecule has 134 valence electrons. The van der Waals surface area contributed by atoms with Crippen LogP contribution in [0.5, 0.6) is 0 Å². The monoisotopic (exact) mass is 362 g/mol. The predicted molar refractivity (Wildman–Crippen MR) is 97.2 cm³/mol. The fraction of sp³-hybridized carbons (Fsp3) is 0.278. The third kappa shape index (κ3) is 5.04. The molecule has 0 radical (unpaired) electrons. The highest BCUT2D eigenvalue weighted by molar-refractivity contribution is 7.92. The van der Waals surface area contributed by atoms with Crippen LogP contribution in [-0.4, -0.2) is 32.1 Å². The minimum Gasteiger partial charge on any atom is -0.392 e. The number of carbonyl (C=O) groups is 1. The molecule has 1 unspecified atom stereocenters. The largest absolute Gasteiger partial charge is 0.392 e. The summed E-state index contributed by atoms with van der Waals surface area (Å²) < 4.78 is 27.7. The Labute approximate surface area is 147 Å². The lowest BCUT2D eigenvalue weighted by atomic mass is 10.1. The summed E-state index contributed by atoms with van der Waals surface area (Å²) >= 11 is 0. The van der Waals surface area contributed by atoms with Crippen molar-refractivity contribution in [2.75, 3.05) is 11.3 Å². The van der Waals surface area contributed by atoms with Gasteiger partial charge in [0.15, 0.2) is 0 Å². The lowest BCUT2D eigenvalue weighted by molar-refractivity contribution is 0.0923. The number of carbonyl (C=O) groups excluding carboxylic acids is 1. The van der Waals surface area contributed by atoms with Gasteiger partial charge in [-0.3, -0.25) is 9.52 Å². The maximum absolute atomic E-state index is 12.6. The molecule has 0 bridgehead atoms. The lowest BCUT2D eigenvalue weighted by Crippen LogP contribution is -2.31. The Morgan fingerprint density at radius 1 is 1.16 bits per heavy atom. The van der Waals surface area contributed by atoms with E-state index in [4.69, 9.17) is 0 Å². The quantitative estimate of drug-likeness (QED) is 0.734. The SMILES string of the molecule is Cc1cccc(NS(=O)(=O)c2ccc(C)c(C(=O)NCC(C)O)c2)c1. The van der Waals surface area contributed by atoms with Crippen molar-refractivity contribution in [3.05, 3.63) is 59.2 Å². The van der Waals surface area contributed by atoms with Gasteiger partial charge in [-0.05, 0) is 56.2 Å². The highest BCUT2D eigenvalue weighted by atomic mass is 32.2. The summed E-state index contributed by atoms with van der Waals surface area (Å²) in [5.74, 6) is -0.425. The molecule has 0 saturated carbocycles. The van der Waals surface area contributed by atoms with Crippen molar-refractivity contribution in [3.8, 4) is 0 Å². The van der Waals surface area contributed by atoms with Crippen LogP contribution in [0.2, 0.25) is 0 Å². The zero-order valence-electron chi connectivity index (χ0n) is 14.4. The van der Waals surface area contributed by atoms with Gasteiger partial charge in [0.2, 0.25) is 0 Å². The molecule has 0 spiro atoms. The number of hydrogen-bond donors (Lipinski definition) is 3. The zero-order valence-corrected chi connectivity index (χ0v) is 15.2. The second-order valence-electron chi connectivity index (χ2n) is 6.01. The van der Waals surface area contributed by atoms with E-state index in [1.165, 1.54) is 12.1 Å². The van der Waals surface area contributed by atoms with Crippen LogP contribution in [0.15, 0.2) is 47.4 Å². The van der Waals surface area contributed by atoms with Gasteiger partial charge in [0.25, 0.3) is 15.9 Å². The molecule has 2 rings (SSSR count). The Kier molecular flexibility index (Phi) is 5.81. The molecule has 2 aromatic carbocycles. The molecule has 0 aliphatic carbocycles. The van der Waals surface area contributed by atoms with E-state index in [2.05, 4.69) is 10.0 Å². The van der Waals surface area contributed by atoms with Crippen LogP contribution < -0.4 is 10.0 Å². The second-order valence-corrected chi connectivity index (χ2v) is 7.69. The first-order valence-corrected chi connectivity index (χ1v) is 9.34. The van der Waals surface area contributed by atoms with E-state index in [1.54, 1.807) is 38.1 Å². The summed E-state index contributed by atoms with van der Waals surface area (Å²) in [6.07, 6.45) is -0.681. The topological polar surface area (TPSA) is 95.5 Å². The van der Waals surface area contributed by atoms with Gasteiger partial charge >= 0.3 is 0 Å².